The normalized spacial score (nSPS) is 15.1. The van der Waals surface area contributed by atoms with Crippen LogP contribution in [0, 0.1) is 0 Å². The number of ketones is 1. The topological polar surface area (TPSA) is 54.0 Å². The lowest BCUT2D eigenvalue weighted by Gasteiger charge is -2.34. The standard InChI is InChI=1S/C33H70O5Si2/c1-9-32(7,39(35-11-3)36-12-4)29-25-21-17-15-19-23-27-31(34)28-24-20-16-18-22-26-30-33(8,10-2)40(37-13-5)38-14-6/h39-40H,9-30H2,1-8H3. The molecule has 0 aromatic heterocycles. The van der Waals surface area contributed by atoms with Crippen molar-refractivity contribution >= 4 is 24.4 Å². The van der Waals surface area contributed by atoms with Crippen LogP contribution in [-0.2, 0) is 22.5 Å². The number of unbranched alkanes of at least 4 members (excludes halogenated alkanes) is 10. The Morgan fingerprint density at radius 2 is 0.750 bits per heavy atom. The van der Waals surface area contributed by atoms with Crippen LogP contribution < -0.4 is 0 Å². The number of rotatable bonds is 30. The fraction of sp³-hybridized carbons (Fsp3) is 0.970. The van der Waals surface area contributed by atoms with Gasteiger partial charge >= 0.3 is 18.6 Å². The van der Waals surface area contributed by atoms with Crippen molar-refractivity contribution in [1.82, 2.24) is 0 Å². The molecule has 0 aliphatic carbocycles. The van der Waals surface area contributed by atoms with Crippen LogP contribution in [0.4, 0.5) is 0 Å². The quantitative estimate of drug-likeness (QED) is 0.0605. The highest BCUT2D eigenvalue weighted by atomic mass is 28.3. The van der Waals surface area contributed by atoms with Crippen molar-refractivity contribution in [3.63, 3.8) is 0 Å². The molecule has 0 aliphatic rings. The Morgan fingerprint density at radius 3 is 1.02 bits per heavy atom. The van der Waals surface area contributed by atoms with Gasteiger partial charge in [-0.3, -0.25) is 4.79 Å². The van der Waals surface area contributed by atoms with Crippen LogP contribution in [0.2, 0.25) is 10.1 Å². The zero-order chi connectivity index (χ0) is 30.1. The molecule has 0 aromatic rings. The fourth-order valence-corrected chi connectivity index (χ4v) is 10.2. The van der Waals surface area contributed by atoms with Crippen LogP contribution in [0.1, 0.15) is 171 Å². The summed E-state index contributed by atoms with van der Waals surface area (Å²) in [7, 11) is -3.25. The predicted octanol–water partition coefficient (Wildman–Crippen LogP) is 9.72. The average Bonchev–Trinajstić information content (AvgIpc) is 2.95. The Balaban J connectivity index is 3.84. The molecule has 0 rings (SSSR count). The van der Waals surface area contributed by atoms with E-state index in [1.54, 1.807) is 0 Å². The van der Waals surface area contributed by atoms with Crippen molar-refractivity contribution in [2.24, 2.45) is 0 Å². The van der Waals surface area contributed by atoms with Gasteiger partial charge in [-0.15, -0.1) is 0 Å². The third-order valence-corrected chi connectivity index (χ3v) is 15.1. The Bertz CT molecular complexity index is 533. The summed E-state index contributed by atoms with van der Waals surface area (Å²) >= 11 is 0. The summed E-state index contributed by atoms with van der Waals surface area (Å²) in [6.45, 7) is 20.7. The van der Waals surface area contributed by atoms with Crippen molar-refractivity contribution in [2.45, 2.75) is 181 Å². The van der Waals surface area contributed by atoms with Gasteiger partial charge in [-0.05, 0) is 66.2 Å². The number of Topliss-reactive ketones (excluding diaryl/α,β-unsaturated/α-hetero) is 1. The van der Waals surface area contributed by atoms with Crippen molar-refractivity contribution in [2.75, 3.05) is 26.4 Å². The SMILES string of the molecule is CCO[SiH](OCC)C(C)(CC)CCCCCCCCC(=O)CCCCCCCCC(C)(CC)[SiH](OCC)OCC. The summed E-state index contributed by atoms with van der Waals surface area (Å²) in [5.74, 6) is 0.475. The van der Waals surface area contributed by atoms with E-state index in [1.165, 1.54) is 77.0 Å². The van der Waals surface area contributed by atoms with E-state index in [0.717, 1.165) is 65.0 Å². The van der Waals surface area contributed by atoms with Gasteiger partial charge in [0.25, 0.3) is 0 Å². The summed E-state index contributed by atoms with van der Waals surface area (Å²) in [6, 6.07) is 0. The summed E-state index contributed by atoms with van der Waals surface area (Å²) in [6.07, 6.45) is 20.9. The molecule has 2 atom stereocenters. The third kappa shape index (κ3) is 17.8. The Kier molecular flexibility index (Phi) is 25.4. The van der Waals surface area contributed by atoms with E-state index in [9.17, 15) is 4.79 Å². The van der Waals surface area contributed by atoms with Gasteiger partial charge in [0.1, 0.15) is 5.78 Å². The highest BCUT2D eigenvalue weighted by Gasteiger charge is 2.37. The minimum Gasteiger partial charge on any atom is -0.397 e. The zero-order valence-electron chi connectivity index (χ0n) is 28.3. The first kappa shape index (κ1) is 39.9. The first-order valence-electron chi connectivity index (χ1n) is 17.2. The Labute approximate surface area is 253 Å². The van der Waals surface area contributed by atoms with Gasteiger partial charge in [-0.2, -0.15) is 0 Å². The molecule has 0 saturated carbocycles. The first-order valence-corrected chi connectivity index (χ1v) is 20.3. The molecule has 7 heteroatoms. The van der Waals surface area contributed by atoms with Crippen molar-refractivity contribution < 1.29 is 22.5 Å². The lowest BCUT2D eigenvalue weighted by Crippen LogP contribution is -2.36. The number of hydrogen-bond donors (Lipinski definition) is 0. The van der Waals surface area contributed by atoms with Crippen molar-refractivity contribution in [3.8, 4) is 0 Å². The van der Waals surface area contributed by atoms with Crippen molar-refractivity contribution in [1.29, 1.82) is 0 Å². The molecule has 0 aromatic carbocycles. The maximum Gasteiger partial charge on any atom is 0.327 e. The van der Waals surface area contributed by atoms with E-state index < -0.39 is 18.6 Å². The van der Waals surface area contributed by atoms with E-state index in [0.29, 0.717) is 5.78 Å². The van der Waals surface area contributed by atoms with Gasteiger partial charge in [0.15, 0.2) is 0 Å². The highest BCUT2D eigenvalue weighted by Crippen LogP contribution is 2.41. The maximum absolute atomic E-state index is 12.3. The molecule has 5 nitrogen and oxygen atoms in total. The Hall–Kier alpha value is -0.0562. The van der Waals surface area contributed by atoms with Crippen LogP contribution in [0.25, 0.3) is 0 Å². The predicted molar refractivity (Wildman–Crippen MR) is 177 cm³/mol. The summed E-state index contributed by atoms with van der Waals surface area (Å²) in [4.78, 5) is 12.3. The molecular formula is C33H70O5Si2. The third-order valence-electron chi connectivity index (χ3n) is 8.93. The van der Waals surface area contributed by atoms with Gasteiger partial charge in [0.2, 0.25) is 0 Å². The molecule has 0 N–H and O–H groups in total. The maximum atomic E-state index is 12.3. The van der Waals surface area contributed by atoms with Gasteiger partial charge in [0, 0.05) is 49.3 Å². The lowest BCUT2D eigenvalue weighted by molar-refractivity contribution is -0.119. The molecule has 0 saturated heterocycles. The molecule has 0 spiro atoms. The second-order valence-electron chi connectivity index (χ2n) is 12.3. The number of carbonyl (C=O) groups excluding carboxylic acids is 1. The molecular weight excluding hydrogens is 533 g/mol. The van der Waals surface area contributed by atoms with E-state index in [-0.39, 0.29) is 10.1 Å². The van der Waals surface area contributed by atoms with Crippen LogP contribution >= 0.6 is 0 Å². The van der Waals surface area contributed by atoms with Crippen LogP contribution in [0.5, 0.6) is 0 Å². The van der Waals surface area contributed by atoms with Gasteiger partial charge in [-0.25, -0.2) is 0 Å². The molecule has 0 bridgehead atoms. The fourth-order valence-electron chi connectivity index (χ4n) is 5.67. The molecule has 0 radical (unpaired) electrons. The molecule has 240 valence electrons. The van der Waals surface area contributed by atoms with E-state index >= 15 is 0 Å². The summed E-state index contributed by atoms with van der Waals surface area (Å²) in [5.41, 5.74) is 0. The lowest BCUT2D eigenvalue weighted by atomic mass is 9.98. The van der Waals surface area contributed by atoms with E-state index in [2.05, 4.69) is 55.4 Å². The Morgan fingerprint density at radius 1 is 0.475 bits per heavy atom. The summed E-state index contributed by atoms with van der Waals surface area (Å²) in [5, 5.41) is 0.459. The average molecular weight is 603 g/mol. The number of carbonyl (C=O) groups is 1. The van der Waals surface area contributed by atoms with Crippen LogP contribution in [0.15, 0.2) is 0 Å². The van der Waals surface area contributed by atoms with Crippen molar-refractivity contribution in [3.05, 3.63) is 0 Å². The zero-order valence-corrected chi connectivity index (χ0v) is 30.6. The van der Waals surface area contributed by atoms with Gasteiger partial charge < -0.3 is 17.7 Å². The number of hydrogen-bond acceptors (Lipinski definition) is 5. The summed E-state index contributed by atoms with van der Waals surface area (Å²) < 4.78 is 24.2. The van der Waals surface area contributed by atoms with Crippen LogP contribution in [-0.4, -0.2) is 50.8 Å². The molecule has 2 unspecified atom stereocenters. The minimum absolute atomic E-state index is 0.229. The molecule has 0 aliphatic heterocycles. The van der Waals surface area contributed by atoms with E-state index in [1.807, 2.05) is 0 Å². The molecule has 0 fully saturated rings. The molecule has 0 heterocycles. The smallest absolute Gasteiger partial charge is 0.327 e. The second kappa shape index (κ2) is 25.4. The molecule has 40 heavy (non-hydrogen) atoms. The van der Waals surface area contributed by atoms with E-state index in [4.69, 9.17) is 17.7 Å². The monoisotopic (exact) mass is 602 g/mol. The van der Waals surface area contributed by atoms with Gasteiger partial charge in [-0.1, -0.05) is 91.9 Å². The minimum atomic E-state index is -1.63. The van der Waals surface area contributed by atoms with Gasteiger partial charge in [0.05, 0.1) is 0 Å². The second-order valence-corrected chi connectivity index (χ2v) is 17.7. The van der Waals surface area contributed by atoms with Crippen LogP contribution in [0.3, 0.4) is 0 Å². The molecule has 0 amide bonds. The highest BCUT2D eigenvalue weighted by molar-refractivity contribution is 6.48. The first-order chi connectivity index (χ1) is 19.3. The largest absolute Gasteiger partial charge is 0.397 e.